The third-order valence-electron chi connectivity index (χ3n) is 3.38. The summed E-state index contributed by atoms with van der Waals surface area (Å²) in [7, 11) is 2.09. The molecule has 20 heavy (non-hydrogen) atoms. The minimum absolute atomic E-state index is 0.606. The smallest absolute Gasteiger partial charge is 0.0459 e. The Balaban J connectivity index is 2.09. The second-order valence-electron chi connectivity index (χ2n) is 4.80. The van der Waals surface area contributed by atoms with E-state index in [2.05, 4.69) is 23.0 Å². The first-order valence-electron chi connectivity index (χ1n) is 6.80. The number of hydrogen-bond acceptors (Lipinski definition) is 3. The molecule has 1 heterocycles. The zero-order valence-corrected chi connectivity index (χ0v) is 12.5. The highest BCUT2D eigenvalue weighted by molar-refractivity contribution is 6.31. The molecule has 2 rings (SSSR count). The number of likely N-dealkylation sites (N-methyl/N-ethyl adjacent to an activating group) is 1. The van der Waals surface area contributed by atoms with Gasteiger partial charge in [0, 0.05) is 36.7 Å². The minimum Gasteiger partial charge on any atom is -0.374 e. The Morgan fingerprint density at radius 3 is 2.60 bits per heavy atom. The molecule has 0 saturated heterocycles. The van der Waals surface area contributed by atoms with Gasteiger partial charge >= 0.3 is 0 Å². The Kier molecular flexibility index (Phi) is 5.39. The van der Waals surface area contributed by atoms with Gasteiger partial charge in [-0.15, -0.1) is 0 Å². The molecule has 4 heteroatoms. The number of pyridine rings is 1. The summed E-state index contributed by atoms with van der Waals surface area (Å²) in [5, 5.41) is 0.795. The van der Waals surface area contributed by atoms with E-state index in [0.29, 0.717) is 6.54 Å². The van der Waals surface area contributed by atoms with Crippen LogP contribution in [0.5, 0.6) is 0 Å². The van der Waals surface area contributed by atoms with Gasteiger partial charge in [-0.1, -0.05) is 17.7 Å². The van der Waals surface area contributed by atoms with E-state index < -0.39 is 0 Å². The van der Waals surface area contributed by atoms with Crippen LogP contribution in [0, 0.1) is 0 Å². The molecule has 3 nitrogen and oxygen atoms in total. The molecule has 0 atom stereocenters. The number of nitrogens with zero attached hydrogens (tertiary/aromatic N) is 2. The van der Waals surface area contributed by atoms with Gasteiger partial charge in [0.05, 0.1) is 0 Å². The highest BCUT2D eigenvalue weighted by Gasteiger charge is 2.10. The SMILES string of the molecule is CN(CCc1ccncc1)c1cccc(Cl)c1CCN. The number of halogens is 1. The molecule has 2 aromatic rings. The molecule has 0 unspecified atom stereocenters. The van der Waals surface area contributed by atoms with Crippen LogP contribution in [0.1, 0.15) is 11.1 Å². The maximum atomic E-state index is 6.28. The molecule has 0 spiro atoms. The fourth-order valence-electron chi connectivity index (χ4n) is 2.26. The molecule has 0 bridgehead atoms. The summed E-state index contributed by atoms with van der Waals surface area (Å²) in [6, 6.07) is 10.1. The number of aromatic nitrogens is 1. The Labute approximate surface area is 125 Å². The minimum atomic E-state index is 0.606. The van der Waals surface area contributed by atoms with Gasteiger partial charge in [-0.25, -0.2) is 0 Å². The summed E-state index contributed by atoms with van der Waals surface area (Å²) in [6.45, 7) is 1.54. The van der Waals surface area contributed by atoms with Crippen molar-refractivity contribution in [3.05, 3.63) is 58.9 Å². The van der Waals surface area contributed by atoms with Gasteiger partial charge in [0.25, 0.3) is 0 Å². The quantitative estimate of drug-likeness (QED) is 0.889. The topological polar surface area (TPSA) is 42.2 Å². The lowest BCUT2D eigenvalue weighted by Gasteiger charge is -2.23. The third-order valence-corrected chi connectivity index (χ3v) is 3.74. The monoisotopic (exact) mass is 289 g/mol. The van der Waals surface area contributed by atoms with E-state index in [1.165, 1.54) is 5.56 Å². The number of hydrogen-bond donors (Lipinski definition) is 1. The lowest BCUT2D eigenvalue weighted by atomic mass is 10.1. The zero-order valence-electron chi connectivity index (χ0n) is 11.7. The van der Waals surface area contributed by atoms with Gasteiger partial charge in [0.2, 0.25) is 0 Å². The van der Waals surface area contributed by atoms with Crippen molar-refractivity contribution in [2.75, 3.05) is 25.0 Å². The number of anilines is 1. The van der Waals surface area contributed by atoms with Crippen LogP contribution in [-0.4, -0.2) is 25.1 Å². The van der Waals surface area contributed by atoms with E-state index in [1.807, 2.05) is 36.7 Å². The van der Waals surface area contributed by atoms with Crippen molar-refractivity contribution in [1.29, 1.82) is 0 Å². The summed E-state index contributed by atoms with van der Waals surface area (Å²) < 4.78 is 0. The van der Waals surface area contributed by atoms with Crippen molar-refractivity contribution in [1.82, 2.24) is 4.98 Å². The number of rotatable bonds is 6. The molecule has 0 saturated carbocycles. The average Bonchev–Trinajstić information content (AvgIpc) is 2.48. The van der Waals surface area contributed by atoms with Gasteiger partial charge in [0.15, 0.2) is 0 Å². The molecule has 0 amide bonds. The Hall–Kier alpha value is -1.58. The zero-order chi connectivity index (χ0) is 14.4. The normalized spacial score (nSPS) is 10.6. The fourth-order valence-corrected chi connectivity index (χ4v) is 2.53. The van der Waals surface area contributed by atoms with Crippen LogP contribution >= 0.6 is 11.6 Å². The lowest BCUT2D eigenvalue weighted by Crippen LogP contribution is -2.22. The first kappa shape index (κ1) is 14.8. The van der Waals surface area contributed by atoms with E-state index >= 15 is 0 Å². The van der Waals surface area contributed by atoms with Crippen LogP contribution in [0.25, 0.3) is 0 Å². The second kappa shape index (κ2) is 7.27. The van der Waals surface area contributed by atoms with Gasteiger partial charge < -0.3 is 10.6 Å². The van der Waals surface area contributed by atoms with Crippen molar-refractivity contribution in [2.24, 2.45) is 5.73 Å². The first-order chi connectivity index (χ1) is 9.72. The highest BCUT2D eigenvalue weighted by Crippen LogP contribution is 2.27. The van der Waals surface area contributed by atoms with Gasteiger partial charge in [-0.05, 0) is 54.8 Å². The van der Waals surface area contributed by atoms with Crippen LogP contribution in [0.15, 0.2) is 42.7 Å². The Morgan fingerprint density at radius 2 is 1.90 bits per heavy atom. The van der Waals surface area contributed by atoms with Crippen molar-refractivity contribution in [2.45, 2.75) is 12.8 Å². The maximum absolute atomic E-state index is 6.28. The van der Waals surface area contributed by atoms with Gasteiger partial charge in [-0.2, -0.15) is 0 Å². The Morgan fingerprint density at radius 1 is 1.15 bits per heavy atom. The first-order valence-corrected chi connectivity index (χ1v) is 7.17. The number of nitrogens with two attached hydrogens (primary N) is 1. The Bertz CT molecular complexity index is 543. The third kappa shape index (κ3) is 3.71. The van der Waals surface area contributed by atoms with E-state index in [0.717, 1.165) is 35.7 Å². The standard InChI is InChI=1S/C16H20ClN3/c1-20(12-8-13-6-10-19-11-7-13)16-4-2-3-15(17)14(16)5-9-18/h2-4,6-7,10-11H,5,8-9,12,18H2,1H3. The summed E-state index contributed by atoms with van der Waals surface area (Å²) in [5.41, 5.74) is 9.26. The summed E-state index contributed by atoms with van der Waals surface area (Å²) in [4.78, 5) is 6.27. The van der Waals surface area contributed by atoms with E-state index in [-0.39, 0.29) is 0 Å². The van der Waals surface area contributed by atoms with Crippen LogP contribution in [-0.2, 0) is 12.8 Å². The molecule has 106 valence electrons. The maximum Gasteiger partial charge on any atom is 0.0459 e. The summed E-state index contributed by atoms with van der Waals surface area (Å²) in [6.07, 6.45) is 5.44. The van der Waals surface area contributed by atoms with Crippen LogP contribution in [0.4, 0.5) is 5.69 Å². The average molecular weight is 290 g/mol. The number of benzene rings is 1. The molecule has 0 radical (unpaired) electrons. The van der Waals surface area contributed by atoms with Crippen molar-refractivity contribution in [3.63, 3.8) is 0 Å². The highest BCUT2D eigenvalue weighted by atomic mass is 35.5. The predicted octanol–water partition coefficient (Wildman–Crippen LogP) is 2.92. The molecule has 1 aromatic heterocycles. The van der Waals surface area contributed by atoms with Crippen molar-refractivity contribution < 1.29 is 0 Å². The van der Waals surface area contributed by atoms with Crippen LogP contribution in [0.2, 0.25) is 5.02 Å². The summed E-state index contributed by atoms with van der Waals surface area (Å²) >= 11 is 6.28. The van der Waals surface area contributed by atoms with Crippen molar-refractivity contribution in [3.8, 4) is 0 Å². The largest absolute Gasteiger partial charge is 0.374 e. The van der Waals surface area contributed by atoms with Gasteiger partial charge in [-0.3, -0.25) is 4.98 Å². The summed E-state index contributed by atoms with van der Waals surface area (Å²) in [5.74, 6) is 0. The molecule has 0 fully saturated rings. The second-order valence-corrected chi connectivity index (χ2v) is 5.21. The van der Waals surface area contributed by atoms with Crippen molar-refractivity contribution >= 4 is 17.3 Å². The molecule has 2 N–H and O–H groups in total. The van der Waals surface area contributed by atoms with Crippen LogP contribution < -0.4 is 10.6 Å². The van der Waals surface area contributed by atoms with E-state index in [4.69, 9.17) is 17.3 Å². The van der Waals surface area contributed by atoms with Gasteiger partial charge in [0.1, 0.15) is 0 Å². The fraction of sp³-hybridized carbons (Fsp3) is 0.312. The molecular formula is C16H20ClN3. The molecule has 0 aliphatic rings. The van der Waals surface area contributed by atoms with E-state index in [9.17, 15) is 0 Å². The lowest BCUT2D eigenvalue weighted by molar-refractivity contribution is 0.859. The molecule has 0 aliphatic heterocycles. The molecule has 0 aliphatic carbocycles. The predicted molar refractivity (Wildman–Crippen MR) is 85.4 cm³/mol. The van der Waals surface area contributed by atoms with E-state index in [1.54, 1.807) is 0 Å². The molecule has 1 aromatic carbocycles. The molecular weight excluding hydrogens is 270 g/mol. The van der Waals surface area contributed by atoms with Crippen LogP contribution in [0.3, 0.4) is 0 Å².